The van der Waals surface area contributed by atoms with Crippen LogP contribution in [0.2, 0.25) is 0 Å². The van der Waals surface area contributed by atoms with Gasteiger partial charge >= 0.3 is 0 Å². The monoisotopic (exact) mass is 613 g/mol. The first-order valence-electron chi connectivity index (χ1n) is 14.2. The Bertz CT molecular complexity index is 1750. The average molecular weight is 614 g/mol. The van der Waals surface area contributed by atoms with Crippen LogP contribution in [0.25, 0.3) is 11.1 Å². The third-order valence-electron chi connectivity index (χ3n) is 7.71. The number of nitrogens with one attached hydrogen (secondary N) is 1. The molecule has 11 heteroatoms. The van der Waals surface area contributed by atoms with Crippen LogP contribution in [0.3, 0.4) is 0 Å². The molecule has 4 aromatic carbocycles. The smallest absolute Gasteiger partial charge is 0.273 e. The van der Waals surface area contributed by atoms with Crippen LogP contribution in [0.5, 0.6) is 23.0 Å². The van der Waals surface area contributed by atoms with Gasteiger partial charge in [0.15, 0.2) is 11.5 Å². The molecule has 0 aromatic heterocycles. The number of amides is 1. The number of hydrogen-bond donors (Lipinski definition) is 2. The molecule has 1 amide bonds. The van der Waals surface area contributed by atoms with E-state index in [4.69, 9.17) is 18.9 Å². The van der Waals surface area contributed by atoms with Gasteiger partial charge in [0.05, 0.1) is 36.6 Å². The second kappa shape index (κ2) is 12.4. The van der Waals surface area contributed by atoms with E-state index < -0.39 is 16.8 Å². The first-order valence-corrected chi connectivity index (χ1v) is 14.2. The number of anilines is 2. The molecule has 4 aromatic rings. The summed E-state index contributed by atoms with van der Waals surface area (Å²) in [6, 6.07) is 20.5. The highest BCUT2D eigenvalue weighted by atomic mass is 16.6. The maximum atomic E-state index is 13.4. The normalized spacial score (nSPS) is 14.2. The maximum Gasteiger partial charge on any atom is 0.273 e. The first kappa shape index (κ1) is 31.1. The number of non-ortho nitro benzene ring substituents is 1. The van der Waals surface area contributed by atoms with E-state index in [1.165, 1.54) is 32.4 Å². The average Bonchev–Trinajstić information content (AvgIpc) is 3.02. The van der Waals surface area contributed by atoms with Crippen molar-refractivity contribution < 1.29 is 33.8 Å². The summed E-state index contributed by atoms with van der Waals surface area (Å²) in [6.45, 7) is 5.51. The van der Waals surface area contributed by atoms with Gasteiger partial charge in [-0.2, -0.15) is 0 Å². The van der Waals surface area contributed by atoms with Gasteiger partial charge in [0.1, 0.15) is 23.6 Å². The van der Waals surface area contributed by atoms with Crippen molar-refractivity contribution in [3.63, 3.8) is 0 Å². The summed E-state index contributed by atoms with van der Waals surface area (Å²) in [7, 11) is 4.68. The number of nitro benzene ring substituents is 1. The molecule has 45 heavy (non-hydrogen) atoms. The van der Waals surface area contributed by atoms with Crippen LogP contribution in [0, 0.1) is 17.0 Å². The van der Waals surface area contributed by atoms with Gasteiger partial charge in [-0.25, -0.2) is 0 Å². The van der Waals surface area contributed by atoms with Crippen LogP contribution < -0.4 is 29.2 Å². The zero-order chi connectivity index (χ0) is 32.5. The van der Waals surface area contributed by atoms with Gasteiger partial charge in [-0.15, -0.1) is 0 Å². The van der Waals surface area contributed by atoms with Gasteiger partial charge in [-0.1, -0.05) is 35.9 Å². The van der Waals surface area contributed by atoms with E-state index in [9.17, 15) is 20.0 Å². The Balaban J connectivity index is 1.58. The summed E-state index contributed by atoms with van der Waals surface area (Å²) in [4.78, 5) is 25.9. The van der Waals surface area contributed by atoms with Crippen LogP contribution in [-0.2, 0) is 11.4 Å². The SMILES string of the molecule is COc1ccc([N+](=O)[O-])cc1OCc1c(-c2ccc(OC(O)c3ccc(C)cc3)cc2OC)ccc2c1N(C)C(=O)C(C)(C)N2. The summed E-state index contributed by atoms with van der Waals surface area (Å²) in [6.07, 6.45) is -1.19. The molecule has 1 aliphatic heterocycles. The molecule has 1 heterocycles. The van der Waals surface area contributed by atoms with Crippen molar-refractivity contribution in [1.29, 1.82) is 0 Å². The molecule has 0 saturated carbocycles. The topological polar surface area (TPSA) is 133 Å². The number of nitro groups is 1. The molecule has 5 rings (SSSR count). The molecule has 1 atom stereocenters. The van der Waals surface area contributed by atoms with E-state index in [1.54, 1.807) is 56.1 Å². The van der Waals surface area contributed by atoms with E-state index in [0.29, 0.717) is 45.2 Å². The predicted octanol–water partition coefficient (Wildman–Crippen LogP) is 6.40. The molecule has 234 valence electrons. The van der Waals surface area contributed by atoms with Crippen LogP contribution in [0.15, 0.2) is 72.8 Å². The fourth-order valence-corrected chi connectivity index (χ4v) is 5.37. The van der Waals surface area contributed by atoms with Crippen LogP contribution in [0.4, 0.5) is 17.1 Å². The van der Waals surface area contributed by atoms with Crippen molar-refractivity contribution in [2.45, 2.75) is 39.2 Å². The molecule has 0 aliphatic carbocycles. The van der Waals surface area contributed by atoms with Crippen LogP contribution in [0.1, 0.15) is 36.8 Å². The van der Waals surface area contributed by atoms with Crippen molar-refractivity contribution in [1.82, 2.24) is 0 Å². The van der Waals surface area contributed by atoms with Crippen molar-refractivity contribution in [3.8, 4) is 34.1 Å². The second-order valence-corrected chi connectivity index (χ2v) is 11.2. The van der Waals surface area contributed by atoms with Gasteiger partial charge in [0, 0.05) is 35.9 Å². The number of aryl methyl sites for hydroxylation is 1. The number of fused-ring (bicyclic) bond motifs is 1. The number of benzene rings is 4. The lowest BCUT2D eigenvalue weighted by Gasteiger charge is -2.39. The molecule has 0 saturated heterocycles. The molecule has 1 aliphatic rings. The van der Waals surface area contributed by atoms with Gasteiger partial charge in [0.25, 0.3) is 11.6 Å². The minimum Gasteiger partial charge on any atom is -0.496 e. The molecule has 1 unspecified atom stereocenters. The number of rotatable bonds is 10. The molecule has 0 fully saturated rings. The first-order chi connectivity index (χ1) is 21.4. The van der Waals surface area contributed by atoms with Gasteiger partial charge in [0.2, 0.25) is 6.29 Å². The molecular weight excluding hydrogens is 578 g/mol. The number of nitrogens with zero attached hydrogens (tertiary/aromatic N) is 2. The maximum absolute atomic E-state index is 13.4. The van der Waals surface area contributed by atoms with E-state index in [1.807, 2.05) is 31.2 Å². The zero-order valence-corrected chi connectivity index (χ0v) is 25.9. The fraction of sp³-hybridized carbons (Fsp3) is 0.265. The highest BCUT2D eigenvalue weighted by Gasteiger charge is 2.39. The Morgan fingerprint density at radius 2 is 1.62 bits per heavy atom. The summed E-state index contributed by atoms with van der Waals surface area (Å²) in [5, 5.41) is 25.5. The quantitative estimate of drug-likeness (QED) is 0.118. The third kappa shape index (κ3) is 6.20. The Labute approximate surface area is 261 Å². The summed E-state index contributed by atoms with van der Waals surface area (Å²) in [5.41, 5.74) is 3.99. The lowest BCUT2D eigenvalue weighted by atomic mass is 9.91. The summed E-state index contributed by atoms with van der Waals surface area (Å²) < 4.78 is 23.2. The lowest BCUT2D eigenvalue weighted by Crippen LogP contribution is -2.52. The van der Waals surface area contributed by atoms with E-state index in [0.717, 1.165) is 11.3 Å². The van der Waals surface area contributed by atoms with E-state index in [-0.39, 0.29) is 24.0 Å². The van der Waals surface area contributed by atoms with Gasteiger partial charge < -0.3 is 34.3 Å². The highest BCUT2D eigenvalue weighted by Crippen LogP contribution is 2.45. The zero-order valence-electron chi connectivity index (χ0n) is 25.9. The van der Waals surface area contributed by atoms with Crippen molar-refractivity contribution in [3.05, 3.63) is 99.6 Å². The summed E-state index contributed by atoms with van der Waals surface area (Å²) in [5.74, 6) is 1.19. The number of carbonyl (C=O) groups is 1. The van der Waals surface area contributed by atoms with Crippen molar-refractivity contribution in [2.75, 3.05) is 31.5 Å². The number of likely N-dealkylation sites (N-methyl/N-ethyl adjacent to an activating group) is 1. The Morgan fingerprint density at radius 1 is 0.933 bits per heavy atom. The Morgan fingerprint density at radius 3 is 2.29 bits per heavy atom. The second-order valence-electron chi connectivity index (χ2n) is 11.2. The molecule has 0 spiro atoms. The molecule has 0 radical (unpaired) electrons. The third-order valence-corrected chi connectivity index (χ3v) is 7.71. The number of methoxy groups -OCH3 is 2. The largest absolute Gasteiger partial charge is 0.496 e. The van der Waals surface area contributed by atoms with Crippen molar-refractivity contribution >= 4 is 23.0 Å². The number of carbonyl (C=O) groups excluding carboxylic acids is 1. The fourth-order valence-electron chi connectivity index (χ4n) is 5.37. The van der Waals surface area contributed by atoms with E-state index >= 15 is 0 Å². The number of hydrogen-bond acceptors (Lipinski definition) is 9. The molecule has 2 N–H and O–H groups in total. The van der Waals surface area contributed by atoms with Gasteiger partial charge in [-0.3, -0.25) is 14.9 Å². The number of aliphatic hydroxyl groups excluding tert-OH is 1. The van der Waals surface area contributed by atoms with Gasteiger partial charge in [-0.05, 0) is 50.6 Å². The molecule has 11 nitrogen and oxygen atoms in total. The van der Waals surface area contributed by atoms with Crippen LogP contribution in [-0.4, -0.2) is 42.7 Å². The van der Waals surface area contributed by atoms with Crippen molar-refractivity contribution in [2.24, 2.45) is 0 Å². The minimum atomic E-state index is -1.19. The number of ether oxygens (including phenoxy) is 4. The standard InChI is InChI=1S/C34H35N3O8/c1-20-7-9-21(10-8-20)32(38)45-23-12-13-25(29(18-23)43-6)24-14-15-27-31(36(4)33(39)34(2,3)35-27)26(24)19-44-30-17-22(37(40)41)11-16-28(30)42-5/h7-18,32,35,38H,19H2,1-6H3. The summed E-state index contributed by atoms with van der Waals surface area (Å²) >= 11 is 0. The Kier molecular flexibility index (Phi) is 8.56. The highest BCUT2D eigenvalue weighted by molar-refractivity contribution is 6.08. The lowest BCUT2D eigenvalue weighted by molar-refractivity contribution is -0.385. The Hall–Kier alpha value is -5.29. The molecule has 0 bridgehead atoms. The number of aliphatic hydroxyl groups is 1. The van der Waals surface area contributed by atoms with E-state index in [2.05, 4.69) is 5.32 Å². The molecular formula is C34H35N3O8. The minimum absolute atomic E-state index is 0.0662. The predicted molar refractivity (Wildman–Crippen MR) is 170 cm³/mol. The van der Waals surface area contributed by atoms with Crippen LogP contribution >= 0.6 is 0 Å².